The molecule has 2 aromatic carbocycles. The summed E-state index contributed by atoms with van der Waals surface area (Å²) in [6.07, 6.45) is 2.19. The van der Waals surface area contributed by atoms with Gasteiger partial charge in [-0.2, -0.15) is 0 Å². The molecule has 23 heavy (non-hydrogen) atoms. The van der Waals surface area contributed by atoms with Gasteiger partial charge in [-0.3, -0.25) is 0 Å². The molecule has 0 amide bonds. The molecule has 0 bridgehead atoms. The average molecular weight is 306 g/mol. The van der Waals surface area contributed by atoms with Crippen LogP contribution in [0.1, 0.15) is 11.1 Å². The van der Waals surface area contributed by atoms with Gasteiger partial charge in [-0.05, 0) is 59.9 Å². The molecule has 4 rings (SSSR count). The van der Waals surface area contributed by atoms with Crippen molar-refractivity contribution >= 4 is 10.9 Å². The van der Waals surface area contributed by atoms with Gasteiger partial charge in [-0.15, -0.1) is 0 Å². The Morgan fingerprint density at radius 1 is 0.957 bits per heavy atom. The molecule has 1 aromatic heterocycles. The SMILES string of the molecule is CN(C)CCn1ccc2ccc(-c3ccc4c(c3)COC4)cc21. The maximum Gasteiger partial charge on any atom is 0.0725 e. The molecule has 0 spiro atoms. The Balaban J connectivity index is 1.71. The zero-order valence-corrected chi connectivity index (χ0v) is 13.7. The summed E-state index contributed by atoms with van der Waals surface area (Å²) in [6, 6.07) is 15.6. The fourth-order valence-corrected chi connectivity index (χ4v) is 3.22. The normalized spacial score (nSPS) is 13.9. The van der Waals surface area contributed by atoms with Gasteiger partial charge >= 0.3 is 0 Å². The molecule has 3 aromatic rings. The predicted octanol–water partition coefficient (Wildman–Crippen LogP) is 3.90. The summed E-state index contributed by atoms with van der Waals surface area (Å²) in [5.41, 5.74) is 6.50. The number of aromatic nitrogens is 1. The van der Waals surface area contributed by atoms with Crippen LogP contribution in [0.4, 0.5) is 0 Å². The van der Waals surface area contributed by atoms with Crippen LogP contribution in [-0.4, -0.2) is 30.1 Å². The number of hydrogen-bond acceptors (Lipinski definition) is 2. The first kappa shape index (κ1) is 14.5. The Kier molecular flexibility index (Phi) is 3.68. The molecule has 3 heteroatoms. The minimum atomic E-state index is 0.741. The van der Waals surface area contributed by atoms with Crippen molar-refractivity contribution in [2.45, 2.75) is 19.8 Å². The lowest BCUT2D eigenvalue weighted by atomic mass is 10.00. The summed E-state index contributed by atoms with van der Waals surface area (Å²) in [6.45, 7) is 3.55. The topological polar surface area (TPSA) is 17.4 Å². The van der Waals surface area contributed by atoms with Gasteiger partial charge in [0.15, 0.2) is 0 Å². The second-order valence-electron chi connectivity index (χ2n) is 6.56. The number of fused-ring (bicyclic) bond motifs is 2. The van der Waals surface area contributed by atoms with E-state index in [9.17, 15) is 0 Å². The van der Waals surface area contributed by atoms with Crippen LogP contribution in [0.15, 0.2) is 48.7 Å². The van der Waals surface area contributed by atoms with Crippen LogP contribution >= 0.6 is 0 Å². The Morgan fingerprint density at radius 3 is 2.61 bits per heavy atom. The highest BCUT2D eigenvalue weighted by Crippen LogP contribution is 2.29. The van der Waals surface area contributed by atoms with Crippen molar-refractivity contribution < 1.29 is 4.74 Å². The van der Waals surface area contributed by atoms with E-state index in [1.807, 2.05) is 0 Å². The van der Waals surface area contributed by atoms with Gasteiger partial charge < -0.3 is 14.2 Å². The molecule has 1 aliphatic heterocycles. The summed E-state index contributed by atoms with van der Waals surface area (Å²) < 4.78 is 7.87. The molecule has 0 aliphatic carbocycles. The Bertz CT molecular complexity index is 848. The highest BCUT2D eigenvalue weighted by atomic mass is 16.5. The molecular weight excluding hydrogens is 284 g/mol. The summed E-state index contributed by atoms with van der Waals surface area (Å²) in [5.74, 6) is 0. The van der Waals surface area contributed by atoms with Crippen molar-refractivity contribution in [2.75, 3.05) is 20.6 Å². The van der Waals surface area contributed by atoms with Crippen molar-refractivity contribution in [3.63, 3.8) is 0 Å². The minimum Gasteiger partial charge on any atom is -0.372 e. The molecule has 0 saturated heterocycles. The molecule has 0 fully saturated rings. The van der Waals surface area contributed by atoms with Gasteiger partial charge in [0, 0.05) is 24.8 Å². The number of hydrogen-bond donors (Lipinski definition) is 0. The standard InChI is InChI=1S/C20H22N2O/c1-21(2)9-10-22-8-7-15-3-4-17(12-20(15)22)16-5-6-18-13-23-14-19(18)11-16/h3-8,11-12H,9-10,13-14H2,1-2H3. The third-order valence-corrected chi connectivity index (χ3v) is 4.62. The van der Waals surface area contributed by atoms with Crippen LogP contribution in [0, 0.1) is 0 Å². The number of rotatable bonds is 4. The van der Waals surface area contributed by atoms with Gasteiger partial charge in [-0.25, -0.2) is 0 Å². The van der Waals surface area contributed by atoms with E-state index in [0.29, 0.717) is 0 Å². The van der Waals surface area contributed by atoms with Crippen molar-refractivity contribution in [1.82, 2.24) is 9.47 Å². The van der Waals surface area contributed by atoms with Crippen LogP contribution in [0.25, 0.3) is 22.0 Å². The van der Waals surface area contributed by atoms with Gasteiger partial charge in [0.25, 0.3) is 0 Å². The first-order valence-corrected chi connectivity index (χ1v) is 8.14. The second-order valence-corrected chi connectivity index (χ2v) is 6.56. The van der Waals surface area contributed by atoms with Crippen molar-refractivity contribution in [3.8, 4) is 11.1 Å². The molecule has 0 unspecified atom stereocenters. The zero-order valence-electron chi connectivity index (χ0n) is 13.7. The molecule has 2 heterocycles. The van der Waals surface area contributed by atoms with E-state index < -0.39 is 0 Å². The quantitative estimate of drug-likeness (QED) is 0.727. The summed E-state index contributed by atoms with van der Waals surface area (Å²) >= 11 is 0. The first-order valence-electron chi connectivity index (χ1n) is 8.14. The molecule has 118 valence electrons. The average Bonchev–Trinajstić information content (AvgIpc) is 3.18. The lowest BCUT2D eigenvalue weighted by Crippen LogP contribution is -2.17. The summed E-state index contributed by atoms with van der Waals surface area (Å²) in [7, 11) is 4.23. The fraction of sp³-hybridized carbons (Fsp3) is 0.300. The number of likely N-dealkylation sites (N-methyl/N-ethyl adjacent to an activating group) is 1. The van der Waals surface area contributed by atoms with Crippen LogP contribution < -0.4 is 0 Å². The maximum atomic E-state index is 5.53. The van der Waals surface area contributed by atoms with E-state index in [2.05, 4.69) is 72.2 Å². The highest BCUT2D eigenvalue weighted by Gasteiger charge is 2.12. The Morgan fingerprint density at radius 2 is 1.74 bits per heavy atom. The molecule has 3 nitrogen and oxygen atoms in total. The Labute approximate surface area is 137 Å². The summed E-state index contributed by atoms with van der Waals surface area (Å²) in [4.78, 5) is 2.22. The van der Waals surface area contributed by atoms with E-state index in [4.69, 9.17) is 4.74 Å². The third kappa shape index (κ3) is 2.78. The van der Waals surface area contributed by atoms with Crippen molar-refractivity contribution in [1.29, 1.82) is 0 Å². The first-order chi connectivity index (χ1) is 11.2. The number of nitrogens with zero attached hydrogens (tertiary/aromatic N) is 2. The molecule has 0 saturated carbocycles. The second kappa shape index (κ2) is 5.84. The van der Waals surface area contributed by atoms with Crippen LogP contribution in [0.5, 0.6) is 0 Å². The molecule has 0 radical (unpaired) electrons. The monoisotopic (exact) mass is 306 g/mol. The maximum absolute atomic E-state index is 5.53. The van der Waals surface area contributed by atoms with Gasteiger partial charge in [0.2, 0.25) is 0 Å². The number of benzene rings is 2. The molecular formula is C20H22N2O. The van der Waals surface area contributed by atoms with E-state index in [-0.39, 0.29) is 0 Å². The molecule has 0 N–H and O–H groups in total. The molecule has 1 aliphatic rings. The lowest BCUT2D eigenvalue weighted by molar-refractivity contribution is 0.134. The predicted molar refractivity (Wildman–Crippen MR) is 94.4 cm³/mol. The van der Waals surface area contributed by atoms with E-state index in [0.717, 1.165) is 26.3 Å². The smallest absolute Gasteiger partial charge is 0.0725 e. The summed E-state index contributed by atoms with van der Waals surface area (Å²) in [5, 5.41) is 1.30. The lowest BCUT2D eigenvalue weighted by Gasteiger charge is -2.12. The van der Waals surface area contributed by atoms with Crippen molar-refractivity contribution in [3.05, 3.63) is 59.8 Å². The fourth-order valence-electron chi connectivity index (χ4n) is 3.22. The van der Waals surface area contributed by atoms with E-state index >= 15 is 0 Å². The highest BCUT2D eigenvalue weighted by molar-refractivity contribution is 5.85. The van der Waals surface area contributed by atoms with Gasteiger partial charge in [-0.1, -0.05) is 24.3 Å². The largest absolute Gasteiger partial charge is 0.372 e. The van der Waals surface area contributed by atoms with Crippen LogP contribution in [0.2, 0.25) is 0 Å². The van der Waals surface area contributed by atoms with Crippen LogP contribution in [-0.2, 0) is 24.5 Å². The van der Waals surface area contributed by atoms with E-state index in [1.54, 1.807) is 0 Å². The zero-order chi connectivity index (χ0) is 15.8. The van der Waals surface area contributed by atoms with E-state index in [1.165, 1.54) is 33.2 Å². The third-order valence-electron chi connectivity index (χ3n) is 4.62. The molecule has 0 atom stereocenters. The van der Waals surface area contributed by atoms with Gasteiger partial charge in [0.1, 0.15) is 0 Å². The number of ether oxygens (including phenoxy) is 1. The van der Waals surface area contributed by atoms with Crippen LogP contribution in [0.3, 0.4) is 0 Å². The minimum absolute atomic E-state index is 0.741. The Hall–Kier alpha value is -2.10. The van der Waals surface area contributed by atoms with Crippen molar-refractivity contribution in [2.24, 2.45) is 0 Å². The van der Waals surface area contributed by atoms with Gasteiger partial charge in [0.05, 0.1) is 13.2 Å².